The lowest BCUT2D eigenvalue weighted by Gasteiger charge is -2.56. The Hall–Kier alpha value is -0.330. The van der Waals surface area contributed by atoms with Gasteiger partial charge in [-0.15, -0.1) is 0 Å². The van der Waals surface area contributed by atoms with E-state index >= 15 is 0 Å². The quantitative estimate of drug-likeness (QED) is 0.586. The van der Waals surface area contributed by atoms with Gasteiger partial charge in [-0.2, -0.15) is 0 Å². The summed E-state index contributed by atoms with van der Waals surface area (Å²) in [7, 11) is 0. The van der Waals surface area contributed by atoms with Gasteiger partial charge in [-0.3, -0.25) is 0 Å². The highest BCUT2D eigenvalue weighted by Crippen LogP contribution is 2.61. The zero-order chi connectivity index (χ0) is 15.4. The first-order valence-corrected chi connectivity index (χ1v) is 10.8. The van der Waals surface area contributed by atoms with E-state index in [1.165, 1.54) is 51.2 Å². The molecule has 1 heteroatoms. The monoisotopic (exact) mass is 314 g/mol. The van der Waals surface area contributed by atoms with Gasteiger partial charge in [0.05, 0.1) is 0 Å². The highest BCUT2D eigenvalue weighted by Gasteiger charge is 2.53. The summed E-state index contributed by atoms with van der Waals surface area (Å²) >= 11 is 0. The molecule has 9 unspecified atom stereocenters. The third kappa shape index (κ3) is 2.28. The van der Waals surface area contributed by atoms with Crippen LogP contribution in [0.2, 0.25) is 0 Å². The molecule has 0 amide bonds. The fourth-order valence-corrected chi connectivity index (χ4v) is 8.58. The first kappa shape index (κ1) is 15.0. The second-order valence-electron chi connectivity index (χ2n) is 9.80. The number of rotatable bonds is 1. The molecule has 0 saturated heterocycles. The van der Waals surface area contributed by atoms with Crippen molar-refractivity contribution in [1.29, 1.82) is 0 Å². The summed E-state index contributed by atoms with van der Waals surface area (Å²) in [6.45, 7) is 0. The van der Waals surface area contributed by atoms with Gasteiger partial charge in [0.2, 0.25) is 0 Å². The van der Waals surface area contributed by atoms with Crippen molar-refractivity contribution in [1.82, 2.24) is 0 Å². The molecule has 0 aromatic rings. The van der Waals surface area contributed by atoms with Crippen molar-refractivity contribution in [2.75, 3.05) is 0 Å². The Morgan fingerprint density at radius 1 is 0.478 bits per heavy atom. The smallest absolute Gasteiger partial charge is 0.123 e. The molecule has 5 rings (SSSR count). The average molecular weight is 315 g/mol. The third-order valence-corrected chi connectivity index (χ3v) is 9.36. The average Bonchev–Trinajstić information content (AvgIpc) is 3.04. The minimum absolute atomic E-state index is 0.424. The highest BCUT2D eigenvalue weighted by atomic mass is 16.1. The molecule has 0 radical (unpaired) electrons. The Balaban J connectivity index is 1.36. The van der Waals surface area contributed by atoms with Crippen LogP contribution in [0.15, 0.2) is 0 Å². The molecule has 0 heterocycles. The van der Waals surface area contributed by atoms with E-state index in [4.69, 9.17) is 0 Å². The minimum Gasteiger partial charge on any atom is -0.303 e. The second kappa shape index (κ2) is 5.88. The molecule has 0 aliphatic heterocycles. The van der Waals surface area contributed by atoms with Gasteiger partial charge < -0.3 is 4.79 Å². The molecule has 0 bridgehead atoms. The van der Waals surface area contributed by atoms with Crippen LogP contribution in [0.1, 0.15) is 77.0 Å². The van der Waals surface area contributed by atoms with Crippen LogP contribution in [0.3, 0.4) is 0 Å². The molecule has 0 spiro atoms. The number of carbonyl (C=O) groups excluding carboxylic acids is 1. The van der Waals surface area contributed by atoms with Crippen LogP contribution in [0, 0.1) is 53.3 Å². The molecular weight excluding hydrogens is 280 g/mol. The largest absolute Gasteiger partial charge is 0.303 e. The predicted molar refractivity (Wildman–Crippen MR) is 92.9 cm³/mol. The van der Waals surface area contributed by atoms with E-state index in [2.05, 4.69) is 0 Å². The maximum Gasteiger partial charge on any atom is 0.123 e. The molecule has 5 fully saturated rings. The highest BCUT2D eigenvalue weighted by molar-refractivity contribution is 5.54. The van der Waals surface area contributed by atoms with Crippen molar-refractivity contribution in [2.24, 2.45) is 53.3 Å². The summed E-state index contributed by atoms with van der Waals surface area (Å²) < 4.78 is 0. The van der Waals surface area contributed by atoms with E-state index in [1.54, 1.807) is 32.1 Å². The van der Waals surface area contributed by atoms with Crippen LogP contribution in [0.5, 0.6) is 0 Å². The summed E-state index contributed by atoms with van der Waals surface area (Å²) in [6, 6.07) is 0. The van der Waals surface area contributed by atoms with Crippen LogP contribution < -0.4 is 0 Å². The molecule has 0 aromatic heterocycles. The number of fused-ring (bicyclic) bond motifs is 7. The normalized spacial score (nSPS) is 55.2. The number of hydrogen-bond donors (Lipinski definition) is 0. The Labute approximate surface area is 142 Å². The van der Waals surface area contributed by atoms with Gasteiger partial charge in [-0.05, 0) is 105 Å². The Bertz CT molecular complexity index is 457. The van der Waals surface area contributed by atoms with Crippen LogP contribution in [0.25, 0.3) is 0 Å². The number of hydrogen-bond acceptors (Lipinski definition) is 1. The van der Waals surface area contributed by atoms with Gasteiger partial charge in [0, 0.05) is 5.92 Å². The van der Waals surface area contributed by atoms with Crippen LogP contribution >= 0.6 is 0 Å². The van der Waals surface area contributed by atoms with E-state index in [1.807, 2.05) is 0 Å². The first-order chi connectivity index (χ1) is 11.4. The maximum atomic E-state index is 11.4. The lowest BCUT2D eigenvalue weighted by atomic mass is 9.49. The fourth-order valence-electron chi connectivity index (χ4n) is 8.58. The zero-order valence-corrected chi connectivity index (χ0v) is 14.7. The fraction of sp³-hybridized carbons (Fsp3) is 0.955. The van der Waals surface area contributed by atoms with Crippen molar-refractivity contribution in [3.63, 3.8) is 0 Å². The Morgan fingerprint density at radius 2 is 1.00 bits per heavy atom. The SMILES string of the molecule is O=CC1CCC2C1CCC1C2CCC2C3CCCCC3CCC21. The van der Waals surface area contributed by atoms with Crippen LogP contribution in [-0.4, -0.2) is 6.29 Å². The molecule has 0 aromatic carbocycles. The summed E-state index contributed by atoms with van der Waals surface area (Å²) in [5, 5.41) is 0. The van der Waals surface area contributed by atoms with Crippen molar-refractivity contribution in [3.05, 3.63) is 0 Å². The lowest BCUT2D eigenvalue weighted by molar-refractivity contribution is -0.114. The first-order valence-electron chi connectivity index (χ1n) is 10.8. The predicted octanol–water partition coefficient (Wildman–Crippen LogP) is 5.48. The summed E-state index contributed by atoms with van der Waals surface area (Å²) in [6.07, 6.45) is 19.1. The van der Waals surface area contributed by atoms with Crippen molar-refractivity contribution >= 4 is 6.29 Å². The molecule has 0 N–H and O–H groups in total. The number of aldehydes is 1. The Morgan fingerprint density at radius 3 is 1.74 bits per heavy atom. The summed E-state index contributed by atoms with van der Waals surface area (Å²) in [5.41, 5.74) is 0. The molecule has 23 heavy (non-hydrogen) atoms. The van der Waals surface area contributed by atoms with Gasteiger partial charge in [0.25, 0.3) is 0 Å². The lowest BCUT2D eigenvalue weighted by Crippen LogP contribution is -2.48. The van der Waals surface area contributed by atoms with Crippen molar-refractivity contribution < 1.29 is 4.79 Å². The van der Waals surface area contributed by atoms with Crippen LogP contribution in [0.4, 0.5) is 0 Å². The van der Waals surface area contributed by atoms with E-state index in [-0.39, 0.29) is 0 Å². The molecule has 128 valence electrons. The van der Waals surface area contributed by atoms with Gasteiger partial charge in [0.1, 0.15) is 6.29 Å². The topological polar surface area (TPSA) is 17.1 Å². The minimum atomic E-state index is 0.424. The van der Waals surface area contributed by atoms with E-state index < -0.39 is 0 Å². The molecule has 5 aliphatic carbocycles. The third-order valence-electron chi connectivity index (χ3n) is 9.36. The zero-order valence-electron chi connectivity index (χ0n) is 14.7. The molecule has 5 saturated carbocycles. The molecular formula is C22H34O. The van der Waals surface area contributed by atoms with Gasteiger partial charge >= 0.3 is 0 Å². The molecule has 1 nitrogen and oxygen atoms in total. The molecule has 9 atom stereocenters. The number of carbonyl (C=O) groups is 1. The van der Waals surface area contributed by atoms with Gasteiger partial charge in [0.15, 0.2) is 0 Å². The Kier molecular flexibility index (Phi) is 3.83. The van der Waals surface area contributed by atoms with E-state index in [0.29, 0.717) is 5.92 Å². The van der Waals surface area contributed by atoms with Gasteiger partial charge in [-0.1, -0.05) is 19.3 Å². The second-order valence-corrected chi connectivity index (χ2v) is 9.80. The van der Waals surface area contributed by atoms with E-state index in [9.17, 15) is 4.79 Å². The maximum absolute atomic E-state index is 11.4. The summed E-state index contributed by atoms with van der Waals surface area (Å²) in [5.74, 6) is 8.54. The van der Waals surface area contributed by atoms with Crippen molar-refractivity contribution in [3.8, 4) is 0 Å². The van der Waals surface area contributed by atoms with Crippen molar-refractivity contribution in [2.45, 2.75) is 77.0 Å². The summed E-state index contributed by atoms with van der Waals surface area (Å²) in [4.78, 5) is 11.4. The van der Waals surface area contributed by atoms with E-state index in [0.717, 1.165) is 47.3 Å². The standard InChI is InChI=1S/C22H34O/c23-13-15-6-8-18-17(15)9-10-22-20-7-5-14-3-1-2-4-16(14)19(20)11-12-21(18)22/h13-22H,1-12H2. The van der Waals surface area contributed by atoms with Gasteiger partial charge in [-0.25, -0.2) is 0 Å². The van der Waals surface area contributed by atoms with Crippen LogP contribution in [-0.2, 0) is 4.79 Å². The molecule has 5 aliphatic rings.